The molecule has 0 aliphatic carbocycles. The lowest BCUT2D eigenvalue weighted by Gasteiger charge is -2.06. The summed E-state index contributed by atoms with van der Waals surface area (Å²) in [5, 5.41) is 2.54. The molecule has 1 amide bonds. The molecule has 1 heterocycles. The number of anilines is 1. The summed E-state index contributed by atoms with van der Waals surface area (Å²) >= 11 is 0. The van der Waals surface area contributed by atoms with Crippen molar-refractivity contribution in [2.45, 2.75) is 13.0 Å². The van der Waals surface area contributed by atoms with Gasteiger partial charge in [0, 0.05) is 5.56 Å². The first kappa shape index (κ1) is 15.6. The second-order valence-corrected chi connectivity index (χ2v) is 4.56. The van der Waals surface area contributed by atoms with E-state index in [1.54, 1.807) is 25.1 Å². The third-order valence-electron chi connectivity index (χ3n) is 2.67. The molecule has 1 unspecified atom stereocenters. The molecule has 0 saturated heterocycles. The SMILES string of the molecule is CC(N)C(=O)Nc1cccc(C#Cc2ccc(F)c(F)c2)n1. The summed E-state index contributed by atoms with van der Waals surface area (Å²) in [4.78, 5) is 15.6. The monoisotopic (exact) mass is 301 g/mol. The average Bonchev–Trinajstić information content (AvgIpc) is 2.49. The molecular formula is C16H13F2N3O. The van der Waals surface area contributed by atoms with Crippen molar-refractivity contribution in [3.63, 3.8) is 0 Å². The van der Waals surface area contributed by atoms with Crippen molar-refractivity contribution in [1.29, 1.82) is 0 Å². The quantitative estimate of drug-likeness (QED) is 0.834. The van der Waals surface area contributed by atoms with Gasteiger partial charge in [-0.25, -0.2) is 13.8 Å². The Hall–Kier alpha value is -2.78. The van der Waals surface area contributed by atoms with Crippen LogP contribution < -0.4 is 11.1 Å². The van der Waals surface area contributed by atoms with E-state index in [9.17, 15) is 13.6 Å². The summed E-state index contributed by atoms with van der Waals surface area (Å²) in [5.41, 5.74) is 6.16. The molecule has 0 aliphatic rings. The fourth-order valence-electron chi connectivity index (χ4n) is 1.52. The third kappa shape index (κ3) is 4.11. The Labute approximate surface area is 126 Å². The highest BCUT2D eigenvalue weighted by molar-refractivity contribution is 5.93. The number of benzene rings is 1. The minimum atomic E-state index is -0.960. The first-order chi connectivity index (χ1) is 10.5. The van der Waals surface area contributed by atoms with Gasteiger partial charge in [0.05, 0.1) is 6.04 Å². The summed E-state index contributed by atoms with van der Waals surface area (Å²) in [6.07, 6.45) is 0. The molecule has 2 rings (SSSR count). The normalized spacial score (nSPS) is 11.3. The van der Waals surface area contributed by atoms with E-state index in [2.05, 4.69) is 22.1 Å². The van der Waals surface area contributed by atoms with Crippen molar-refractivity contribution in [1.82, 2.24) is 4.98 Å². The minimum absolute atomic E-state index is 0.319. The lowest BCUT2D eigenvalue weighted by Crippen LogP contribution is -2.32. The predicted molar refractivity (Wildman–Crippen MR) is 78.9 cm³/mol. The second-order valence-electron chi connectivity index (χ2n) is 4.56. The molecule has 2 aromatic rings. The van der Waals surface area contributed by atoms with Gasteiger partial charge in [0.15, 0.2) is 11.6 Å². The van der Waals surface area contributed by atoms with Crippen molar-refractivity contribution >= 4 is 11.7 Å². The van der Waals surface area contributed by atoms with E-state index in [4.69, 9.17) is 5.73 Å². The number of aromatic nitrogens is 1. The van der Waals surface area contributed by atoms with Crippen molar-refractivity contribution in [3.8, 4) is 11.8 Å². The number of nitrogens with zero attached hydrogens (tertiary/aromatic N) is 1. The number of carbonyl (C=O) groups is 1. The van der Waals surface area contributed by atoms with E-state index in [0.717, 1.165) is 12.1 Å². The topological polar surface area (TPSA) is 68.0 Å². The summed E-state index contributed by atoms with van der Waals surface area (Å²) < 4.78 is 25.9. The molecule has 0 aliphatic heterocycles. The molecule has 0 radical (unpaired) electrons. The Morgan fingerprint density at radius 2 is 2.00 bits per heavy atom. The molecule has 1 aromatic carbocycles. The molecule has 0 spiro atoms. The summed E-state index contributed by atoms with van der Waals surface area (Å²) in [6, 6.07) is 7.62. The largest absolute Gasteiger partial charge is 0.320 e. The lowest BCUT2D eigenvalue weighted by molar-refractivity contribution is -0.117. The third-order valence-corrected chi connectivity index (χ3v) is 2.67. The first-order valence-electron chi connectivity index (χ1n) is 6.46. The maximum absolute atomic E-state index is 13.1. The second kappa shape index (κ2) is 6.78. The number of amides is 1. The van der Waals surface area contributed by atoms with Gasteiger partial charge in [-0.2, -0.15) is 0 Å². The van der Waals surface area contributed by atoms with Gasteiger partial charge in [-0.15, -0.1) is 0 Å². The number of halogens is 2. The van der Waals surface area contributed by atoms with Crippen LogP contribution in [0.2, 0.25) is 0 Å². The number of carbonyl (C=O) groups excluding carboxylic acids is 1. The molecule has 6 heteroatoms. The summed E-state index contributed by atoms with van der Waals surface area (Å²) in [7, 11) is 0. The number of hydrogen-bond acceptors (Lipinski definition) is 3. The highest BCUT2D eigenvalue weighted by Gasteiger charge is 2.08. The molecule has 0 saturated carbocycles. The summed E-state index contributed by atoms with van der Waals surface area (Å²) in [6.45, 7) is 1.56. The van der Waals surface area contributed by atoms with E-state index in [1.807, 2.05) is 0 Å². The van der Waals surface area contributed by atoms with Crippen molar-refractivity contribution in [3.05, 3.63) is 59.3 Å². The van der Waals surface area contributed by atoms with E-state index in [1.165, 1.54) is 6.07 Å². The molecule has 1 aromatic heterocycles. The Bertz CT molecular complexity index is 763. The molecule has 112 valence electrons. The maximum Gasteiger partial charge on any atom is 0.242 e. The molecular weight excluding hydrogens is 288 g/mol. The Morgan fingerprint density at radius 1 is 1.23 bits per heavy atom. The van der Waals surface area contributed by atoms with Crippen LogP contribution in [0.3, 0.4) is 0 Å². The Morgan fingerprint density at radius 3 is 2.68 bits per heavy atom. The average molecular weight is 301 g/mol. The number of rotatable bonds is 2. The van der Waals surface area contributed by atoms with Crippen LogP contribution in [0.25, 0.3) is 0 Å². The predicted octanol–water partition coefficient (Wildman–Crippen LogP) is 2.05. The van der Waals surface area contributed by atoms with Crippen LogP contribution in [0, 0.1) is 23.5 Å². The van der Waals surface area contributed by atoms with Crippen LogP contribution in [-0.2, 0) is 4.79 Å². The Balaban J connectivity index is 2.19. The first-order valence-corrected chi connectivity index (χ1v) is 6.46. The van der Waals surface area contributed by atoms with Gasteiger partial charge in [-0.05, 0) is 43.2 Å². The van der Waals surface area contributed by atoms with E-state index >= 15 is 0 Å². The van der Waals surface area contributed by atoms with Gasteiger partial charge >= 0.3 is 0 Å². The molecule has 22 heavy (non-hydrogen) atoms. The van der Waals surface area contributed by atoms with Gasteiger partial charge in [0.25, 0.3) is 0 Å². The van der Waals surface area contributed by atoms with Crippen LogP contribution in [0.1, 0.15) is 18.2 Å². The van der Waals surface area contributed by atoms with Gasteiger partial charge in [-0.3, -0.25) is 4.79 Å². The zero-order chi connectivity index (χ0) is 16.1. The van der Waals surface area contributed by atoms with Crippen molar-refractivity contribution in [2.75, 3.05) is 5.32 Å². The van der Waals surface area contributed by atoms with Crippen LogP contribution >= 0.6 is 0 Å². The van der Waals surface area contributed by atoms with Gasteiger partial charge in [0.1, 0.15) is 11.5 Å². The molecule has 3 N–H and O–H groups in total. The zero-order valence-electron chi connectivity index (χ0n) is 11.7. The minimum Gasteiger partial charge on any atom is -0.320 e. The van der Waals surface area contributed by atoms with Crippen LogP contribution in [0.5, 0.6) is 0 Å². The van der Waals surface area contributed by atoms with E-state index in [-0.39, 0.29) is 5.91 Å². The number of nitrogens with one attached hydrogen (secondary N) is 1. The fraction of sp³-hybridized carbons (Fsp3) is 0.125. The highest BCUT2D eigenvalue weighted by atomic mass is 19.2. The van der Waals surface area contributed by atoms with Crippen molar-refractivity contribution in [2.24, 2.45) is 5.73 Å². The zero-order valence-corrected chi connectivity index (χ0v) is 11.7. The molecule has 0 bridgehead atoms. The smallest absolute Gasteiger partial charge is 0.242 e. The van der Waals surface area contributed by atoms with Gasteiger partial charge < -0.3 is 11.1 Å². The molecule has 0 fully saturated rings. The van der Waals surface area contributed by atoms with Crippen molar-refractivity contribution < 1.29 is 13.6 Å². The van der Waals surface area contributed by atoms with Gasteiger partial charge in [-0.1, -0.05) is 12.0 Å². The fourth-order valence-corrected chi connectivity index (χ4v) is 1.52. The molecule has 1 atom stereocenters. The van der Waals surface area contributed by atoms with Crippen LogP contribution in [-0.4, -0.2) is 16.9 Å². The van der Waals surface area contributed by atoms with Gasteiger partial charge in [0.2, 0.25) is 5.91 Å². The van der Waals surface area contributed by atoms with Crippen LogP contribution in [0.4, 0.5) is 14.6 Å². The number of nitrogens with two attached hydrogens (primary N) is 1. The molecule has 4 nitrogen and oxygen atoms in total. The number of hydrogen-bond donors (Lipinski definition) is 2. The Kier molecular flexibility index (Phi) is 4.81. The van der Waals surface area contributed by atoms with E-state index < -0.39 is 17.7 Å². The van der Waals surface area contributed by atoms with Crippen LogP contribution in [0.15, 0.2) is 36.4 Å². The summed E-state index contributed by atoms with van der Waals surface area (Å²) in [5.74, 6) is 3.46. The lowest BCUT2D eigenvalue weighted by atomic mass is 10.2. The van der Waals surface area contributed by atoms with E-state index in [0.29, 0.717) is 17.1 Å². The standard InChI is InChI=1S/C16H13F2N3O/c1-10(19)16(22)21-15-4-2-3-12(20-15)7-5-11-6-8-13(17)14(18)9-11/h2-4,6,8-10H,19H2,1H3,(H,20,21,22). The number of pyridine rings is 1. The maximum atomic E-state index is 13.1. The highest BCUT2D eigenvalue weighted by Crippen LogP contribution is 2.08.